The third-order valence-corrected chi connectivity index (χ3v) is 4.32. The Morgan fingerprint density at radius 3 is 2.46 bits per heavy atom. The van der Waals surface area contributed by atoms with Crippen LogP contribution < -0.4 is 5.32 Å². The summed E-state index contributed by atoms with van der Waals surface area (Å²) in [5.41, 5.74) is 1.82. The quantitative estimate of drug-likeness (QED) is 0.896. The van der Waals surface area contributed by atoms with Gasteiger partial charge in [0.05, 0.1) is 0 Å². The molecule has 0 radical (unpaired) electrons. The van der Waals surface area contributed by atoms with Gasteiger partial charge in [0.1, 0.15) is 5.75 Å². The minimum absolute atomic E-state index is 0.0886. The van der Waals surface area contributed by atoms with Gasteiger partial charge < -0.3 is 15.3 Å². The average Bonchev–Trinajstić information content (AvgIpc) is 2.57. The van der Waals surface area contributed by atoms with E-state index in [9.17, 15) is 9.90 Å². The Kier molecular flexibility index (Phi) is 5.23. The van der Waals surface area contributed by atoms with Gasteiger partial charge in [0, 0.05) is 43.4 Å². The van der Waals surface area contributed by atoms with Crippen LogP contribution in [0.2, 0.25) is 5.02 Å². The average molecular weight is 346 g/mol. The number of rotatable bonds is 3. The molecule has 1 aliphatic heterocycles. The molecule has 126 valence electrons. The summed E-state index contributed by atoms with van der Waals surface area (Å²) in [5.74, 6) is 0.286. The minimum Gasteiger partial charge on any atom is -0.508 e. The second kappa shape index (κ2) is 7.55. The number of phenolic OH excluding ortho intramolecular Hbond substituents is 1. The van der Waals surface area contributed by atoms with Crippen LogP contribution in [-0.4, -0.2) is 47.1 Å². The van der Waals surface area contributed by atoms with E-state index in [1.807, 2.05) is 17.0 Å². The Hall–Kier alpha value is -2.24. The van der Waals surface area contributed by atoms with E-state index in [0.717, 1.165) is 30.9 Å². The molecule has 2 amide bonds. The summed E-state index contributed by atoms with van der Waals surface area (Å²) in [5, 5.41) is 13.1. The van der Waals surface area contributed by atoms with Crippen molar-refractivity contribution in [1.82, 2.24) is 9.80 Å². The van der Waals surface area contributed by atoms with Gasteiger partial charge in [-0.3, -0.25) is 4.90 Å². The number of nitrogens with one attached hydrogen (secondary N) is 1. The molecule has 0 aliphatic carbocycles. The first-order valence-corrected chi connectivity index (χ1v) is 8.30. The fraction of sp³-hybridized carbons (Fsp3) is 0.278. The van der Waals surface area contributed by atoms with E-state index in [2.05, 4.69) is 10.2 Å². The summed E-state index contributed by atoms with van der Waals surface area (Å²) in [6, 6.07) is 14.3. The second-order valence-corrected chi connectivity index (χ2v) is 6.31. The number of amides is 2. The van der Waals surface area contributed by atoms with Crippen molar-refractivity contribution in [3.8, 4) is 5.75 Å². The van der Waals surface area contributed by atoms with E-state index >= 15 is 0 Å². The third kappa shape index (κ3) is 4.40. The van der Waals surface area contributed by atoms with Gasteiger partial charge in [0.2, 0.25) is 0 Å². The number of phenols is 1. The number of hydrogen-bond acceptors (Lipinski definition) is 3. The number of nitrogens with zero attached hydrogens (tertiary/aromatic N) is 2. The number of carbonyl (C=O) groups excluding carboxylic acids is 1. The lowest BCUT2D eigenvalue weighted by atomic mass is 10.2. The molecule has 1 aliphatic rings. The maximum atomic E-state index is 12.3. The van der Waals surface area contributed by atoms with Gasteiger partial charge in [-0.05, 0) is 42.0 Å². The van der Waals surface area contributed by atoms with Crippen molar-refractivity contribution in [2.45, 2.75) is 6.54 Å². The van der Waals surface area contributed by atoms with Crippen molar-refractivity contribution in [1.29, 1.82) is 0 Å². The number of urea groups is 1. The van der Waals surface area contributed by atoms with Crippen LogP contribution in [0.3, 0.4) is 0 Å². The molecule has 0 unspecified atom stereocenters. The molecule has 24 heavy (non-hydrogen) atoms. The predicted octanol–water partition coefficient (Wildman–Crippen LogP) is 3.40. The van der Waals surface area contributed by atoms with Gasteiger partial charge in [-0.1, -0.05) is 23.7 Å². The van der Waals surface area contributed by atoms with Gasteiger partial charge >= 0.3 is 6.03 Å². The molecule has 2 aromatic rings. The molecule has 0 saturated carbocycles. The molecule has 0 aromatic heterocycles. The summed E-state index contributed by atoms with van der Waals surface area (Å²) in [7, 11) is 0. The fourth-order valence-electron chi connectivity index (χ4n) is 2.76. The van der Waals surface area contributed by atoms with Crippen molar-refractivity contribution in [2.75, 3.05) is 31.5 Å². The lowest BCUT2D eigenvalue weighted by Crippen LogP contribution is -2.49. The Morgan fingerprint density at radius 1 is 1.08 bits per heavy atom. The van der Waals surface area contributed by atoms with Crippen molar-refractivity contribution in [2.24, 2.45) is 0 Å². The molecule has 2 aromatic carbocycles. The first-order valence-electron chi connectivity index (χ1n) is 7.92. The van der Waals surface area contributed by atoms with Gasteiger partial charge in [-0.25, -0.2) is 4.79 Å². The van der Waals surface area contributed by atoms with Crippen molar-refractivity contribution < 1.29 is 9.90 Å². The SMILES string of the molecule is O=C(Nc1ccc(Cl)cc1)N1CCN(Cc2cccc(O)c2)CC1. The maximum Gasteiger partial charge on any atom is 0.321 e. The zero-order valence-electron chi connectivity index (χ0n) is 13.3. The van der Waals surface area contributed by atoms with Crippen LogP contribution in [0.25, 0.3) is 0 Å². The van der Waals surface area contributed by atoms with Crippen LogP contribution in [0.1, 0.15) is 5.56 Å². The Morgan fingerprint density at radius 2 is 1.79 bits per heavy atom. The second-order valence-electron chi connectivity index (χ2n) is 5.87. The molecule has 1 saturated heterocycles. The van der Waals surface area contributed by atoms with Crippen molar-refractivity contribution in [3.05, 3.63) is 59.1 Å². The summed E-state index contributed by atoms with van der Waals surface area (Å²) >= 11 is 5.84. The van der Waals surface area contributed by atoms with Gasteiger partial charge in [-0.2, -0.15) is 0 Å². The highest BCUT2D eigenvalue weighted by Crippen LogP contribution is 2.16. The largest absolute Gasteiger partial charge is 0.508 e. The van der Waals surface area contributed by atoms with Gasteiger partial charge in [0.25, 0.3) is 0 Å². The first-order chi connectivity index (χ1) is 11.6. The van der Waals surface area contributed by atoms with Crippen LogP contribution in [0, 0.1) is 0 Å². The predicted molar refractivity (Wildman–Crippen MR) is 95.4 cm³/mol. The van der Waals surface area contributed by atoms with E-state index in [-0.39, 0.29) is 11.8 Å². The van der Waals surface area contributed by atoms with Crippen LogP contribution in [-0.2, 0) is 6.54 Å². The Bertz CT molecular complexity index is 698. The Balaban J connectivity index is 1.49. The minimum atomic E-state index is -0.0886. The van der Waals surface area contributed by atoms with E-state index in [4.69, 9.17) is 11.6 Å². The van der Waals surface area contributed by atoms with E-state index in [0.29, 0.717) is 18.1 Å². The smallest absolute Gasteiger partial charge is 0.321 e. The fourth-order valence-corrected chi connectivity index (χ4v) is 2.88. The van der Waals surface area contributed by atoms with Crippen LogP contribution in [0.5, 0.6) is 5.75 Å². The summed E-state index contributed by atoms with van der Waals surface area (Å²) in [6.07, 6.45) is 0. The number of anilines is 1. The van der Waals surface area contributed by atoms with Crippen LogP contribution in [0.4, 0.5) is 10.5 Å². The molecular weight excluding hydrogens is 326 g/mol. The number of aromatic hydroxyl groups is 1. The maximum absolute atomic E-state index is 12.3. The number of hydrogen-bond donors (Lipinski definition) is 2. The van der Waals surface area contributed by atoms with Crippen LogP contribution >= 0.6 is 11.6 Å². The van der Waals surface area contributed by atoms with Gasteiger partial charge in [0.15, 0.2) is 0 Å². The number of halogens is 1. The molecule has 3 rings (SSSR count). The van der Waals surface area contributed by atoms with Crippen molar-refractivity contribution in [3.63, 3.8) is 0 Å². The monoisotopic (exact) mass is 345 g/mol. The lowest BCUT2D eigenvalue weighted by molar-refractivity contribution is 0.143. The van der Waals surface area contributed by atoms with Crippen molar-refractivity contribution >= 4 is 23.3 Å². The number of benzene rings is 2. The number of carbonyl (C=O) groups is 1. The zero-order valence-corrected chi connectivity index (χ0v) is 14.0. The highest BCUT2D eigenvalue weighted by Gasteiger charge is 2.21. The molecule has 2 N–H and O–H groups in total. The normalized spacial score (nSPS) is 15.3. The van der Waals surface area contributed by atoms with E-state index < -0.39 is 0 Å². The standard InChI is InChI=1S/C18H20ClN3O2/c19-15-4-6-16(7-5-15)20-18(24)22-10-8-21(9-11-22)13-14-2-1-3-17(23)12-14/h1-7,12,23H,8-11,13H2,(H,20,24). The molecule has 5 nitrogen and oxygen atoms in total. The molecular formula is C18H20ClN3O2. The molecule has 1 fully saturated rings. The first kappa shape index (κ1) is 16.6. The highest BCUT2D eigenvalue weighted by molar-refractivity contribution is 6.30. The summed E-state index contributed by atoms with van der Waals surface area (Å²) in [4.78, 5) is 16.4. The van der Waals surface area contributed by atoms with E-state index in [1.165, 1.54) is 0 Å². The molecule has 0 atom stereocenters. The van der Waals surface area contributed by atoms with Crippen LogP contribution in [0.15, 0.2) is 48.5 Å². The summed E-state index contributed by atoms with van der Waals surface area (Å²) < 4.78 is 0. The summed E-state index contributed by atoms with van der Waals surface area (Å²) in [6.45, 7) is 3.75. The Labute approximate surface area is 146 Å². The molecule has 0 bridgehead atoms. The molecule has 0 spiro atoms. The zero-order chi connectivity index (χ0) is 16.9. The molecule has 1 heterocycles. The molecule has 6 heteroatoms. The highest BCUT2D eigenvalue weighted by atomic mass is 35.5. The topological polar surface area (TPSA) is 55.8 Å². The third-order valence-electron chi connectivity index (χ3n) is 4.07. The van der Waals surface area contributed by atoms with E-state index in [1.54, 1.807) is 36.4 Å². The number of piperazine rings is 1. The lowest BCUT2D eigenvalue weighted by Gasteiger charge is -2.34. The van der Waals surface area contributed by atoms with Gasteiger partial charge in [-0.15, -0.1) is 0 Å².